The van der Waals surface area contributed by atoms with E-state index in [0.29, 0.717) is 21.2 Å². The van der Waals surface area contributed by atoms with E-state index in [1.807, 2.05) is 0 Å². The zero-order valence-electron chi connectivity index (χ0n) is 16.5. The molecule has 3 aromatic carbocycles. The van der Waals surface area contributed by atoms with Crippen LogP contribution in [0.3, 0.4) is 0 Å². The van der Waals surface area contributed by atoms with Gasteiger partial charge in [-0.15, -0.1) is 0 Å². The van der Waals surface area contributed by atoms with Gasteiger partial charge in [0.2, 0.25) is 0 Å². The van der Waals surface area contributed by atoms with E-state index in [4.69, 9.17) is 23.2 Å². The molecule has 0 radical (unpaired) electrons. The van der Waals surface area contributed by atoms with Gasteiger partial charge in [0.25, 0.3) is 20.0 Å². The van der Waals surface area contributed by atoms with Crippen LogP contribution in [-0.2, 0) is 20.0 Å². The number of benzene rings is 3. The van der Waals surface area contributed by atoms with E-state index < -0.39 is 20.0 Å². The van der Waals surface area contributed by atoms with Gasteiger partial charge >= 0.3 is 0 Å². The van der Waals surface area contributed by atoms with Crippen molar-refractivity contribution in [2.24, 2.45) is 8.80 Å². The van der Waals surface area contributed by atoms with Crippen molar-refractivity contribution < 1.29 is 16.8 Å². The average molecular weight is 584 g/mol. The lowest BCUT2D eigenvalue weighted by Gasteiger charge is -2.17. The smallest absolute Gasteiger partial charge is 0.199 e. The molecule has 3 aromatic rings. The van der Waals surface area contributed by atoms with Crippen molar-refractivity contribution >= 4 is 70.6 Å². The van der Waals surface area contributed by atoms with Gasteiger partial charge in [-0.05, 0) is 70.5 Å². The third-order valence-electron chi connectivity index (χ3n) is 4.60. The number of allylic oxidation sites excluding steroid dienone is 2. The molecule has 0 heterocycles. The quantitative estimate of drug-likeness (QED) is 0.397. The minimum absolute atomic E-state index is 0.0221. The molecular formula is C22H13BrCl2N2O4S2. The van der Waals surface area contributed by atoms with Crippen molar-refractivity contribution in [1.82, 2.24) is 0 Å². The van der Waals surface area contributed by atoms with Crippen LogP contribution in [0.4, 0.5) is 0 Å². The average Bonchev–Trinajstić information content (AvgIpc) is 2.77. The number of halogens is 3. The van der Waals surface area contributed by atoms with E-state index in [2.05, 4.69) is 24.7 Å². The lowest BCUT2D eigenvalue weighted by Crippen LogP contribution is -2.18. The van der Waals surface area contributed by atoms with Gasteiger partial charge in [-0.1, -0.05) is 47.5 Å². The third-order valence-corrected chi connectivity index (χ3v) is 8.30. The monoisotopic (exact) mass is 582 g/mol. The Kier molecular flexibility index (Phi) is 6.61. The minimum Gasteiger partial charge on any atom is -0.199 e. The van der Waals surface area contributed by atoms with Crippen LogP contribution in [0.15, 0.2) is 102 Å². The third kappa shape index (κ3) is 5.12. The molecule has 6 nitrogen and oxygen atoms in total. The predicted octanol–water partition coefficient (Wildman–Crippen LogP) is 5.64. The van der Waals surface area contributed by atoms with Gasteiger partial charge in [0, 0.05) is 25.7 Å². The van der Waals surface area contributed by atoms with Crippen LogP contribution in [-0.4, -0.2) is 28.3 Å². The summed E-state index contributed by atoms with van der Waals surface area (Å²) in [4.78, 5) is -0.0480. The van der Waals surface area contributed by atoms with Crippen molar-refractivity contribution in [3.05, 3.63) is 105 Å². The number of hydrogen-bond acceptors (Lipinski definition) is 4. The fraction of sp³-hybridized carbons (Fsp3) is 0. The minimum atomic E-state index is -4.06. The Morgan fingerprint density at radius 3 is 1.61 bits per heavy atom. The van der Waals surface area contributed by atoms with Crippen molar-refractivity contribution in [2.45, 2.75) is 9.79 Å². The molecule has 33 heavy (non-hydrogen) atoms. The predicted molar refractivity (Wildman–Crippen MR) is 134 cm³/mol. The van der Waals surface area contributed by atoms with Crippen LogP contribution in [0.5, 0.6) is 0 Å². The van der Waals surface area contributed by atoms with Crippen LogP contribution < -0.4 is 0 Å². The van der Waals surface area contributed by atoms with Crippen LogP contribution in [0.1, 0.15) is 11.1 Å². The van der Waals surface area contributed by atoms with Gasteiger partial charge in [-0.25, -0.2) is 0 Å². The molecule has 0 spiro atoms. The highest BCUT2D eigenvalue weighted by Gasteiger charge is 2.26. The molecule has 0 saturated heterocycles. The number of nitrogens with zero attached hydrogens (tertiary/aromatic N) is 2. The first-order valence-electron chi connectivity index (χ1n) is 9.25. The first kappa shape index (κ1) is 23.8. The van der Waals surface area contributed by atoms with E-state index in [-0.39, 0.29) is 25.7 Å². The summed E-state index contributed by atoms with van der Waals surface area (Å²) in [6.45, 7) is 0. The van der Waals surface area contributed by atoms with Gasteiger partial charge in [0.05, 0.1) is 21.2 Å². The molecule has 0 bridgehead atoms. The summed E-state index contributed by atoms with van der Waals surface area (Å²) in [5.41, 5.74) is 1.09. The Hall–Kier alpha value is -2.30. The molecule has 0 aromatic heterocycles. The SMILES string of the molecule is O=S(=O)(/N=C1C=C(Br)/C(=N/S(=O)(=O)c2ccc(Cl)cc2)c2ccccc2\1)c1ccc(Cl)cc1. The molecule has 11 heteroatoms. The van der Waals surface area contributed by atoms with Crippen LogP contribution in [0.2, 0.25) is 10.0 Å². The molecule has 0 N–H and O–H groups in total. The standard InChI is InChI=1S/C22H13BrCl2N2O4S2/c23-20-13-21(26-32(28,29)16-9-5-14(24)6-10-16)18-3-1-2-4-19(18)22(20)27-33(30,31)17-11-7-15(25)8-12-17/h1-13H/b26-21+,27-22+. The molecule has 168 valence electrons. The molecular weight excluding hydrogens is 571 g/mol. The number of hydrogen-bond donors (Lipinski definition) is 0. The van der Waals surface area contributed by atoms with E-state index in [1.165, 1.54) is 54.6 Å². The van der Waals surface area contributed by atoms with Gasteiger partial charge in [0.1, 0.15) is 0 Å². The van der Waals surface area contributed by atoms with Crippen molar-refractivity contribution in [2.75, 3.05) is 0 Å². The first-order valence-corrected chi connectivity index (χ1v) is 13.7. The molecule has 0 unspecified atom stereocenters. The van der Waals surface area contributed by atoms with Gasteiger partial charge in [-0.3, -0.25) is 0 Å². The summed E-state index contributed by atoms with van der Waals surface area (Å²) < 4.78 is 59.7. The van der Waals surface area contributed by atoms with Crippen molar-refractivity contribution in [1.29, 1.82) is 0 Å². The highest BCUT2D eigenvalue weighted by atomic mass is 79.9. The summed E-state index contributed by atoms with van der Waals surface area (Å²) >= 11 is 15.0. The summed E-state index contributed by atoms with van der Waals surface area (Å²) in [7, 11) is -8.11. The molecule has 0 atom stereocenters. The molecule has 0 saturated carbocycles. The zero-order chi connectivity index (χ0) is 23.8. The van der Waals surface area contributed by atoms with E-state index in [0.717, 1.165) is 0 Å². The second kappa shape index (κ2) is 9.15. The second-order valence-corrected chi connectivity index (χ2v) is 11.7. The maximum Gasteiger partial charge on any atom is 0.282 e. The highest BCUT2D eigenvalue weighted by molar-refractivity contribution is 9.12. The second-order valence-electron chi connectivity index (χ2n) is 6.81. The summed E-state index contributed by atoms with van der Waals surface area (Å²) in [6.07, 6.45) is 1.42. The summed E-state index contributed by atoms with van der Waals surface area (Å²) in [5, 5.41) is 0.795. The van der Waals surface area contributed by atoms with Gasteiger partial charge in [-0.2, -0.15) is 25.6 Å². The van der Waals surface area contributed by atoms with Crippen LogP contribution in [0.25, 0.3) is 0 Å². The number of rotatable bonds is 4. The molecule has 1 aliphatic carbocycles. The Morgan fingerprint density at radius 2 is 1.09 bits per heavy atom. The van der Waals surface area contributed by atoms with E-state index in [1.54, 1.807) is 24.3 Å². The first-order chi connectivity index (χ1) is 15.6. The van der Waals surface area contributed by atoms with Gasteiger partial charge in [0.15, 0.2) is 0 Å². The maximum atomic E-state index is 12.9. The maximum absolute atomic E-state index is 12.9. The van der Waals surface area contributed by atoms with Crippen molar-refractivity contribution in [3.63, 3.8) is 0 Å². The lowest BCUT2D eigenvalue weighted by atomic mass is 9.94. The van der Waals surface area contributed by atoms with Gasteiger partial charge < -0.3 is 0 Å². The largest absolute Gasteiger partial charge is 0.282 e. The fourth-order valence-corrected chi connectivity index (χ4v) is 5.95. The van der Waals surface area contributed by atoms with Crippen LogP contribution in [0, 0.1) is 0 Å². The Balaban J connectivity index is 1.84. The van der Waals surface area contributed by atoms with E-state index in [9.17, 15) is 16.8 Å². The normalized spacial score (nSPS) is 16.5. The molecule has 0 amide bonds. The van der Waals surface area contributed by atoms with Crippen molar-refractivity contribution in [3.8, 4) is 0 Å². The Bertz CT molecular complexity index is 1550. The number of sulfonamides is 2. The Labute approximate surface area is 209 Å². The number of fused-ring (bicyclic) bond motifs is 1. The van der Waals surface area contributed by atoms with E-state index >= 15 is 0 Å². The molecule has 0 fully saturated rings. The fourth-order valence-electron chi connectivity index (χ4n) is 3.04. The zero-order valence-corrected chi connectivity index (χ0v) is 21.2. The topological polar surface area (TPSA) is 93.0 Å². The molecule has 4 rings (SSSR count). The molecule has 0 aliphatic heterocycles. The molecule has 1 aliphatic rings. The van der Waals surface area contributed by atoms with Crippen LogP contribution >= 0.6 is 39.1 Å². The summed E-state index contributed by atoms with van der Waals surface area (Å²) in [6, 6.07) is 18.0. The Morgan fingerprint density at radius 1 is 0.636 bits per heavy atom. The highest BCUT2D eigenvalue weighted by Crippen LogP contribution is 2.29. The lowest BCUT2D eigenvalue weighted by molar-refractivity contribution is 0.596. The summed E-state index contributed by atoms with van der Waals surface area (Å²) in [5.74, 6) is 0.